The fraction of sp³-hybridized carbons (Fsp3) is 0.635. The third kappa shape index (κ3) is 39.7. The van der Waals surface area contributed by atoms with Gasteiger partial charge in [-0.2, -0.15) is 0 Å². The van der Waals surface area contributed by atoms with Crippen molar-refractivity contribution in [3.63, 3.8) is 0 Å². The van der Waals surface area contributed by atoms with E-state index in [2.05, 4.69) is 111 Å². The molecule has 1 N–H and O–H groups in total. The average Bonchev–Trinajstić information content (AvgIpc) is 3.21. The number of quaternary nitrogens is 1. The van der Waals surface area contributed by atoms with Crippen LogP contribution < -0.4 is 0 Å². The number of carbonyl (C=O) groups excluding carboxylic acids is 2. The van der Waals surface area contributed by atoms with Gasteiger partial charge in [-0.15, -0.1) is 0 Å². The van der Waals surface area contributed by atoms with E-state index in [4.69, 9.17) is 14.2 Å². The van der Waals surface area contributed by atoms with E-state index in [9.17, 15) is 19.5 Å². The number of nitrogens with zero attached hydrogens (tertiary/aromatic N) is 1. The highest BCUT2D eigenvalue weighted by atomic mass is 16.6. The van der Waals surface area contributed by atoms with Crippen LogP contribution in [0.15, 0.2) is 97.2 Å². The normalized spacial score (nSPS) is 13.8. The molecule has 60 heavy (non-hydrogen) atoms. The molecular weight excluding hydrogens is 751 g/mol. The average molecular weight is 837 g/mol. The molecule has 0 amide bonds. The van der Waals surface area contributed by atoms with Gasteiger partial charge in [0.25, 0.3) is 0 Å². The zero-order valence-corrected chi connectivity index (χ0v) is 38.6. The van der Waals surface area contributed by atoms with Gasteiger partial charge in [-0.1, -0.05) is 156 Å². The first-order valence-corrected chi connectivity index (χ1v) is 23.3. The molecule has 0 saturated carbocycles. The van der Waals surface area contributed by atoms with Gasteiger partial charge in [0.2, 0.25) is 0 Å². The van der Waals surface area contributed by atoms with Crippen LogP contribution in [0, 0.1) is 0 Å². The number of likely N-dealkylation sites (N-methyl/N-ethyl adjacent to an activating group) is 1. The Hall–Kier alpha value is -3.75. The van der Waals surface area contributed by atoms with Gasteiger partial charge in [0.1, 0.15) is 6.61 Å². The van der Waals surface area contributed by atoms with Gasteiger partial charge in [-0.25, -0.2) is 4.79 Å². The molecule has 0 bridgehead atoms. The van der Waals surface area contributed by atoms with Gasteiger partial charge >= 0.3 is 17.9 Å². The maximum atomic E-state index is 12.7. The van der Waals surface area contributed by atoms with E-state index in [1.165, 1.54) is 44.9 Å². The third-order valence-electron chi connectivity index (χ3n) is 9.75. The van der Waals surface area contributed by atoms with Gasteiger partial charge < -0.3 is 23.8 Å². The predicted molar refractivity (Wildman–Crippen MR) is 252 cm³/mol. The summed E-state index contributed by atoms with van der Waals surface area (Å²) in [6.45, 7) is 4.51. The Morgan fingerprint density at radius 1 is 0.533 bits per heavy atom. The standard InChI is InChI=1S/C52H85NO7/c1-6-8-10-12-14-16-18-20-22-24-25-26-27-29-30-32-34-36-38-40-42-50(54)59-47-48(46-58-45-44-49(52(56)57)53(3,4)5)60-51(55)43-41-39-37-35-33-31-28-23-21-19-17-15-13-11-9-7-2/h8,10,14,16,20,22-23,25-26,28-31,33-34,36,48-49H,6-7,9,11-13,15,17-19,21,24,27,32,35,37-47H2,1-5H3/p+1/b10-8+,16-14+,22-20+,26-25+,28-23+,30-29+,33-31+,36-34+. The lowest BCUT2D eigenvalue weighted by Gasteiger charge is -2.31. The van der Waals surface area contributed by atoms with Crippen molar-refractivity contribution in [3.05, 3.63) is 97.2 Å². The summed E-state index contributed by atoms with van der Waals surface area (Å²) in [7, 11) is 5.49. The van der Waals surface area contributed by atoms with Crippen molar-refractivity contribution in [2.75, 3.05) is 41.0 Å². The molecule has 8 nitrogen and oxygen atoms in total. The topological polar surface area (TPSA) is 99.1 Å². The molecule has 0 aromatic carbocycles. The van der Waals surface area contributed by atoms with Crippen LogP contribution in [0.5, 0.6) is 0 Å². The van der Waals surface area contributed by atoms with Crippen LogP contribution in [-0.4, -0.2) is 80.6 Å². The number of carboxylic acids is 1. The number of allylic oxidation sites excluding steroid dienone is 16. The van der Waals surface area contributed by atoms with E-state index in [1.54, 1.807) is 0 Å². The van der Waals surface area contributed by atoms with Crippen molar-refractivity contribution in [2.45, 2.75) is 174 Å². The lowest BCUT2D eigenvalue weighted by molar-refractivity contribution is -0.887. The first kappa shape index (κ1) is 56.2. The first-order valence-electron chi connectivity index (χ1n) is 23.3. The number of aliphatic carboxylic acids is 1. The zero-order chi connectivity index (χ0) is 44.2. The number of carbonyl (C=O) groups is 3. The monoisotopic (exact) mass is 837 g/mol. The lowest BCUT2D eigenvalue weighted by atomic mass is 10.1. The molecule has 0 rings (SSSR count). The summed E-state index contributed by atoms with van der Waals surface area (Å²) in [5, 5.41) is 9.63. The molecule has 0 aliphatic carbocycles. The van der Waals surface area contributed by atoms with Crippen LogP contribution in [0.3, 0.4) is 0 Å². The fourth-order valence-electron chi connectivity index (χ4n) is 6.15. The smallest absolute Gasteiger partial charge is 0.362 e. The minimum absolute atomic E-state index is 0.0261. The summed E-state index contributed by atoms with van der Waals surface area (Å²) in [4.78, 5) is 37.0. The number of esters is 2. The number of ether oxygens (including phenoxy) is 3. The number of carboxylic acid groups (broad SMARTS) is 1. The molecule has 8 heteroatoms. The second-order valence-electron chi connectivity index (χ2n) is 16.3. The van der Waals surface area contributed by atoms with Crippen LogP contribution in [-0.2, 0) is 28.6 Å². The molecule has 0 heterocycles. The van der Waals surface area contributed by atoms with Gasteiger partial charge in [0, 0.05) is 19.3 Å². The Morgan fingerprint density at radius 2 is 1.00 bits per heavy atom. The van der Waals surface area contributed by atoms with Gasteiger partial charge in [0.05, 0.1) is 34.4 Å². The SMILES string of the molecule is CC/C=C/C/C=C/C/C=C/C/C=C/C/C=C/C/C=C/CCCC(=O)OCC(COCCC(C(=O)O)[N+](C)(C)C)OC(=O)CCCCC/C=C/C=C/CCCCCCCCC. The summed E-state index contributed by atoms with van der Waals surface area (Å²) < 4.78 is 17.2. The van der Waals surface area contributed by atoms with Crippen molar-refractivity contribution in [1.82, 2.24) is 0 Å². The molecule has 0 aliphatic rings. The molecular formula is C52H86NO7+. The predicted octanol–water partition coefficient (Wildman–Crippen LogP) is 13.1. The van der Waals surface area contributed by atoms with Crippen LogP contribution in [0.4, 0.5) is 0 Å². The molecule has 0 aliphatic heterocycles. The van der Waals surface area contributed by atoms with Crippen LogP contribution in [0.25, 0.3) is 0 Å². The zero-order valence-electron chi connectivity index (χ0n) is 38.6. The molecule has 340 valence electrons. The van der Waals surface area contributed by atoms with Gasteiger partial charge in [-0.05, 0) is 83.5 Å². The van der Waals surface area contributed by atoms with Gasteiger partial charge in [-0.3, -0.25) is 9.59 Å². The minimum atomic E-state index is -0.891. The molecule has 0 aromatic rings. The second-order valence-corrected chi connectivity index (χ2v) is 16.3. The van der Waals surface area contributed by atoms with Crippen LogP contribution in [0.1, 0.15) is 162 Å². The summed E-state index contributed by atoms with van der Waals surface area (Å²) in [5.41, 5.74) is 0. The number of hydrogen-bond donors (Lipinski definition) is 1. The van der Waals surface area contributed by atoms with Crippen molar-refractivity contribution >= 4 is 17.9 Å². The number of hydrogen-bond acceptors (Lipinski definition) is 6. The maximum absolute atomic E-state index is 12.7. The highest BCUT2D eigenvalue weighted by Crippen LogP contribution is 2.12. The summed E-state index contributed by atoms with van der Waals surface area (Å²) in [5.74, 6) is -1.59. The van der Waals surface area contributed by atoms with E-state index >= 15 is 0 Å². The molecule has 0 saturated heterocycles. The molecule has 0 aromatic heterocycles. The summed E-state index contributed by atoms with van der Waals surface area (Å²) in [6, 6.07) is -0.634. The van der Waals surface area contributed by atoms with E-state index < -0.39 is 18.1 Å². The Morgan fingerprint density at radius 3 is 1.52 bits per heavy atom. The Bertz CT molecular complexity index is 1300. The molecule has 2 atom stereocenters. The highest BCUT2D eigenvalue weighted by molar-refractivity contribution is 5.72. The molecule has 0 spiro atoms. The van der Waals surface area contributed by atoms with E-state index in [0.717, 1.165) is 70.6 Å². The largest absolute Gasteiger partial charge is 0.477 e. The first-order chi connectivity index (χ1) is 29.1. The summed E-state index contributed by atoms with van der Waals surface area (Å²) >= 11 is 0. The van der Waals surface area contributed by atoms with Crippen molar-refractivity contribution < 1.29 is 38.2 Å². The molecule has 0 radical (unpaired) electrons. The molecule has 2 unspecified atom stereocenters. The van der Waals surface area contributed by atoms with Crippen molar-refractivity contribution in [2.24, 2.45) is 0 Å². The quantitative estimate of drug-likeness (QED) is 0.0216. The van der Waals surface area contributed by atoms with Crippen molar-refractivity contribution in [1.29, 1.82) is 0 Å². The van der Waals surface area contributed by atoms with E-state index in [-0.39, 0.29) is 49.1 Å². The summed E-state index contributed by atoms with van der Waals surface area (Å²) in [6.07, 6.45) is 56.0. The number of rotatable bonds is 40. The Labute approximate surface area is 366 Å². The van der Waals surface area contributed by atoms with Crippen LogP contribution >= 0.6 is 0 Å². The fourth-order valence-corrected chi connectivity index (χ4v) is 6.15. The Balaban J connectivity index is 4.48. The molecule has 0 fully saturated rings. The van der Waals surface area contributed by atoms with Crippen molar-refractivity contribution in [3.8, 4) is 0 Å². The minimum Gasteiger partial charge on any atom is -0.477 e. The second kappa shape index (κ2) is 42.0. The van der Waals surface area contributed by atoms with E-state index in [0.29, 0.717) is 19.3 Å². The Kier molecular flexibility index (Phi) is 39.3. The highest BCUT2D eigenvalue weighted by Gasteiger charge is 2.31. The van der Waals surface area contributed by atoms with Crippen LogP contribution in [0.2, 0.25) is 0 Å². The van der Waals surface area contributed by atoms with E-state index in [1.807, 2.05) is 21.1 Å². The lowest BCUT2D eigenvalue weighted by Crippen LogP contribution is -2.50. The maximum Gasteiger partial charge on any atom is 0.362 e. The third-order valence-corrected chi connectivity index (χ3v) is 9.75. The number of unbranched alkanes of at least 4 members (excludes halogenated alkanes) is 11. The van der Waals surface area contributed by atoms with Gasteiger partial charge in [0.15, 0.2) is 12.1 Å².